The highest BCUT2D eigenvalue weighted by molar-refractivity contribution is 7.92. The van der Waals surface area contributed by atoms with Gasteiger partial charge < -0.3 is 5.32 Å². The summed E-state index contributed by atoms with van der Waals surface area (Å²) in [5, 5.41) is 3.09. The van der Waals surface area contributed by atoms with E-state index in [1.165, 1.54) is 18.2 Å². The maximum Gasteiger partial charge on any atom is 0.263 e. The molecule has 2 N–H and O–H groups in total. The van der Waals surface area contributed by atoms with Crippen molar-refractivity contribution in [2.45, 2.75) is 45.1 Å². The second-order valence-electron chi connectivity index (χ2n) is 8.62. The van der Waals surface area contributed by atoms with Crippen LogP contribution in [0.2, 0.25) is 5.02 Å². The Labute approximate surface area is 201 Å². The number of aryl methyl sites for hydroxylation is 2. The molecule has 0 radical (unpaired) electrons. The van der Waals surface area contributed by atoms with Crippen LogP contribution < -0.4 is 10.0 Å². The van der Waals surface area contributed by atoms with Crippen molar-refractivity contribution < 1.29 is 13.2 Å². The van der Waals surface area contributed by atoms with Crippen molar-refractivity contribution in [3.8, 4) is 0 Å². The van der Waals surface area contributed by atoms with Crippen LogP contribution in [0.5, 0.6) is 0 Å². The molecule has 3 aromatic rings. The summed E-state index contributed by atoms with van der Waals surface area (Å²) in [5.74, 6) is 0.00243. The van der Waals surface area contributed by atoms with E-state index in [2.05, 4.69) is 23.9 Å². The fraction of sp³-hybridized carbons (Fsp3) is 0.269. The predicted molar refractivity (Wildman–Crippen MR) is 134 cm³/mol. The molecule has 7 heteroatoms. The Balaban J connectivity index is 1.87. The third-order valence-corrected chi connectivity index (χ3v) is 7.32. The molecule has 0 saturated heterocycles. The maximum absolute atomic E-state index is 13.1. The van der Waals surface area contributed by atoms with Crippen LogP contribution in [0.4, 0.5) is 5.69 Å². The quantitative estimate of drug-likeness (QED) is 0.395. The van der Waals surface area contributed by atoms with Crippen LogP contribution in [0.1, 0.15) is 53.4 Å². The standard InChI is InChI=1S/C26H29ClN2O3S/c1-17(2)14-24(20-8-6-5-7-9-20)28-26(30)21-11-13-23(27)25(16-21)33(31,32)29-22-12-10-18(3)19(4)15-22/h5-13,15-17,24,29H,14H2,1-4H3,(H,28,30)/t24-/m0/s1. The molecule has 0 bridgehead atoms. The zero-order valence-electron chi connectivity index (χ0n) is 19.2. The van der Waals surface area contributed by atoms with E-state index < -0.39 is 10.0 Å². The number of hydrogen-bond acceptors (Lipinski definition) is 3. The monoisotopic (exact) mass is 484 g/mol. The number of amides is 1. The number of halogens is 1. The highest BCUT2D eigenvalue weighted by Crippen LogP contribution is 2.27. The van der Waals surface area contributed by atoms with E-state index in [4.69, 9.17) is 11.6 Å². The van der Waals surface area contributed by atoms with E-state index in [1.807, 2.05) is 50.2 Å². The molecule has 174 valence electrons. The summed E-state index contributed by atoms with van der Waals surface area (Å²) in [6.07, 6.45) is 0.753. The van der Waals surface area contributed by atoms with Gasteiger partial charge in [0.05, 0.1) is 11.1 Å². The number of carbonyl (C=O) groups excluding carboxylic acids is 1. The summed E-state index contributed by atoms with van der Waals surface area (Å²) >= 11 is 6.23. The average molecular weight is 485 g/mol. The Kier molecular flexibility index (Phi) is 7.82. The second kappa shape index (κ2) is 10.4. The highest BCUT2D eigenvalue weighted by atomic mass is 35.5. The molecule has 33 heavy (non-hydrogen) atoms. The zero-order chi connectivity index (χ0) is 24.2. The molecule has 3 aromatic carbocycles. The first-order valence-corrected chi connectivity index (χ1v) is 12.7. The minimum absolute atomic E-state index is 0.0460. The van der Waals surface area contributed by atoms with Crippen LogP contribution in [0.3, 0.4) is 0 Å². The fourth-order valence-corrected chi connectivity index (χ4v) is 5.12. The van der Waals surface area contributed by atoms with Crippen LogP contribution in [-0.2, 0) is 10.0 Å². The normalized spacial score (nSPS) is 12.4. The molecule has 0 aliphatic carbocycles. The molecular weight excluding hydrogens is 456 g/mol. The maximum atomic E-state index is 13.1. The lowest BCUT2D eigenvalue weighted by Gasteiger charge is -2.21. The number of hydrogen-bond donors (Lipinski definition) is 2. The Bertz CT molecular complexity index is 1240. The summed E-state index contributed by atoms with van der Waals surface area (Å²) < 4.78 is 28.7. The van der Waals surface area contributed by atoms with E-state index in [0.29, 0.717) is 11.6 Å². The van der Waals surface area contributed by atoms with Crippen LogP contribution in [-0.4, -0.2) is 14.3 Å². The Morgan fingerprint density at radius 3 is 2.27 bits per heavy atom. The summed E-state index contributed by atoms with van der Waals surface area (Å²) in [4.78, 5) is 12.9. The minimum Gasteiger partial charge on any atom is -0.345 e. The van der Waals surface area contributed by atoms with Gasteiger partial charge in [-0.1, -0.05) is 61.8 Å². The van der Waals surface area contributed by atoms with Gasteiger partial charge in [-0.25, -0.2) is 8.42 Å². The average Bonchev–Trinajstić information content (AvgIpc) is 2.76. The van der Waals surface area contributed by atoms with Crippen molar-refractivity contribution in [2.24, 2.45) is 5.92 Å². The molecule has 5 nitrogen and oxygen atoms in total. The largest absolute Gasteiger partial charge is 0.345 e. The third-order valence-electron chi connectivity index (χ3n) is 5.46. The van der Waals surface area contributed by atoms with Gasteiger partial charge in [0.15, 0.2) is 0 Å². The molecule has 0 spiro atoms. The van der Waals surface area contributed by atoms with Crippen molar-refractivity contribution in [3.05, 3.63) is 94.0 Å². The summed E-state index contributed by atoms with van der Waals surface area (Å²) in [7, 11) is -3.99. The van der Waals surface area contributed by atoms with E-state index in [-0.39, 0.29) is 27.4 Å². The third kappa shape index (κ3) is 6.36. The van der Waals surface area contributed by atoms with E-state index >= 15 is 0 Å². The molecular formula is C26H29ClN2O3S. The Hall–Kier alpha value is -2.83. The molecule has 1 atom stereocenters. The van der Waals surface area contributed by atoms with Gasteiger partial charge in [-0.3, -0.25) is 9.52 Å². The highest BCUT2D eigenvalue weighted by Gasteiger charge is 2.22. The lowest BCUT2D eigenvalue weighted by molar-refractivity contribution is 0.0931. The predicted octanol–water partition coefficient (Wildman–Crippen LogP) is 6.27. The second-order valence-corrected chi connectivity index (χ2v) is 10.7. The number of rotatable bonds is 8. The number of carbonyl (C=O) groups is 1. The van der Waals surface area contributed by atoms with Crippen molar-refractivity contribution in [1.29, 1.82) is 0 Å². The number of anilines is 1. The molecule has 0 heterocycles. The van der Waals surface area contributed by atoms with E-state index in [0.717, 1.165) is 23.1 Å². The van der Waals surface area contributed by atoms with Gasteiger partial charge in [-0.05, 0) is 73.2 Å². The summed E-state index contributed by atoms with van der Waals surface area (Å²) in [6.45, 7) is 8.04. The van der Waals surface area contributed by atoms with Gasteiger partial charge in [0, 0.05) is 11.3 Å². The van der Waals surface area contributed by atoms with E-state index in [1.54, 1.807) is 12.1 Å². The Morgan fingerprint density at radius 2 is 1.64 bits per heavy atom. The van der Waals surface area contributed by atoms with Crippen LogP contribution in [0, 0.1) is 19.8 Å². The zero-order valence-corrected chi connectivity index (χ0v) is 20.8. The summed E-state index contributed by atoms with van der Waals surface area (Å²) in [5.41, 5.74) is 3.68. The van der Waals surface area contributed by atoms with Crippen molar-refractivity contribution >= 4 is 33.2 Å². The number of sulfonamides is 1. The number of benzene rings is 3. The van der Waals surface area contributed by atoms with Gasteiger partial charge in [-0.2, -0.15) is 0 Å². The summed E-state index contributed by atoms with van der Waals surface area (Å²) in [6, 6.07) is 19.1. The number of nitrogens with one attached hydrogen (secondary N) is 2. The Morgan fingerprint density at radius 1 is 0.939 bits per heavy atom. The van der Waals surface area contributed by atoms with Crippen LogP contribution in [0.25, 0.3) is 0 Å². The lowest BCUT2D eigenvalue weighted by atomic mass is 9.96. The van der Waals surface area contributed by atoms with Crippen molar-refractivity contribution in [1.82, 2.24) is 5.32 Å². The first-order chi connectivity index (χ1) is 15.6. The minimum atomic E-state index is -3.99. The molecule has 3 rings (SSSR count). The fourth-order valence-electron chi connectivity index (χ4n) is 3.54. The van der Waals surface area contributed by atoms with Gasteiger partial charge in [0.25, 0.3) is 15.9 Å². The van der Waals surface area contributed by atoms with Crippen molar-refractivity contribution in [3.63, 3.8) is 0 Å². The van der Waals surface area contributed by atoms with E-state index in [9.17, 15) is 13.2 Å². The van der Waals surface area contributed by atoms with Crippen molar-refractivity contribution in [2.75, 3.05) is 4.72 Å². The van der Waals surface area contributed by atoms with Gasteiger partial charge in [-0.15, -0.1) is 0 Å². The molecule has 0 saturated carbocycles. The molecule has 0 aromatic heterocycles. The van der Waals surface area contributed by atoms with Gasteiger partial charge in [0.2, 0.25) is 0 Å². The lowest BCUT2D eigenvalue weighted by Crippen LogP contribution is -2.29. The van der Waals surface area contributed by atoms with Crippen LogP contribution in [0.15, 0.2) is 71.6 Å². The molecule has 0 unspecified atom stereocenters. The molecule has 0 aliphatic rings. The first-order valence-electron chi connectivity index (χ1n) is 10.8. The topological polar surface area (TPSA) is 75.3 Å². The van der Waals surface area contributed by atoms with Gasteiger partial charge >= 0.3 is 0 Å². The van der Waals surface area contributed by atoms with Gasteiger partial charge in [0.1, 0.15) is 4.90 Å². The molecule has 0 fully saturated rings. The van der Waals surface area contributed by atoms with Crippen LogP contribution >= 0.6 is 11.6 Å². The smallest absolute Gasteiger partial charge is 0.263 e. The SMILES string of the molecule is Cc1ccc(NS(=O)(=O)c2cc(C(=O)N[C@@H](CC(C)C)c3ccccc3)ccc2Cl)cc1C. The first kappa shape index (κ1) is 24.8. The molecule has 1 amide bonds. The molecule has 0 aliphatic heterocycles.